The maximum absolute atomic E-state index is 10.8. The number of hydrogen-bond acceptors (Lipinski definition) is 3. The predicted octanol–water partition coefficient (Wildman–Crippen LogP) is 1.41. The van der Waals surface area contributed by atoms with Gasteiger partial charge in [-0.25, -0.2) is 0 Å². The lowest BCUT2D eigenvalue weighted by Crippen LogP contribution is -2.10. The third kappa shape index (κ3) is 2.82. The minimum atomic E-state index is -2.75. The van der Waals surface area contributed by atoms with Gasteiger partial charge in [-0.05, 0) is 24.9 Å². The zero-order valence-electron chi connectivity index (χ0n) is 5.07. The van der Waals surface area contributed by atoms with Gasteiger partial charge in [0.15, 0.2) is 7.14 Å². The van der Waals surface area contributed by atoms with Crippen molar-refractivity contribution in [3.05, 3.63) is 10.1 Å². The van der Waals surface area contributed by atoms with Gasteiger partial charge in [-0.2, -0.15) is 0 Å². The van der Waals surface area contributed by atoms with E-state index in [1.807, 2.05) is 0 Å². The summed E-state index contributed by atoms with van der Waals surface area (Å²) in [5.41, 5.74) is 0. The molecule has 0 aromatic heterocycles. The Hall–Kier alpha value is -0.0800. The lowest BCUT2D eigenvalue weighted by molar-refractivity contribution is -0.475. The van der Waals surface area contributed by atoms with Gasteiger partial charge in [0.05, 0.1) is 0 Å². The number of hydrogen-bond donors (Lipinski definition) is 0. The van der Waals surface area contributed by atoms with Gasteiger partial charge in [0, 0.05) is 4.92 Å². The van der Waals surface area contributed by atoms with Crippen molar-refractivity contribution in [1.29, 1.82) is 0 Å². The minimum Gasteiger partial charge on any atom is -0.315 e. The van der Waals surface area contributed by atoms with Gasteiger partial charge in [0.1, 0.15) is 0 Å². The molecule has 0 aromatic carbocycles. The minimum absolute atomic E-state index is 0.748. The Kier molecular flexibility index (Phi) is 2.65. The second-order valence-corrected chi connectivity index (χ2v) is 6.11. The zero-order chi connectivity index (χ0) is 7.65. The quantitative estimate of drug-likeness (QED) is 0.208. The molecule has 0 rings (SSSR count). The van der Waals surface area contributed by atoms with Crippen LogP contribution in [0.4, 0.5) is 0 Å². The van der Waals surface area contributed by atoms with Crippen molar-refractivity contribution in [3.63, 3.8) is 0 Å². The summed E-state index contributed by atoms with van der Waals surface area (Å²) in [4.78, 5) is 9.10. The molecule has 1 unspecified atom stereocenters. The van der Waals surface area contributed by atoms with E-state index < -0.39 is 17.3 Å². The Labute approximate surface area is 57.7 Å². The van der Waals surface area contributed by atoms with Gasteiger partial charge in [0.25, 0.3) is 0 Å². The molecule has 0 aliphatic rings. The molecule has 0 spiro atoms. The van der Waals surface area contributed by atoms with Crippen LogP contribution in [0.2, 0.25) is 0 Å². The molecule has 1 atom stereocenters. The predicted molar refractivity (Wildman–Crippen MR) is 36.1 cm³/mol. The van der Waals surface area contributed by atoms with E-state index in [-0.39, 0.29) is 0 Å². The van der Waals surface area contributed by atoms with Crippen molar-refractivity contribution in [2.45, 2.75) is 5.24 Å². The van der Waals surface area contributed by atoms with E-state index >= 15 is 0 Å². The molecule has 0 aliphatic heterocycles. The number of nitrogens with zero attached hydrogens (tertiary/aromatic N) is 1. The Bertz CT molecular complexity index is 164. The molecule has 0 heterocycles. The average molecular weight is 172 g/mol. The van der Waals surface area contributed by atoms with E-state index in [1.54, 1.807) is 0 Å². The smallest absolute Gasteiger partial charge is 0.315 e. The summed E-state index contributed by atoms with van der Waals surface area (Å²) < 4.78 is 10.8. The SMILES string of the molecule is CP(C)(=O)C(Cl)[N+](=O)[O-]. The van der Waals surface area contributed by atoms with Crippen molar-refractivity contribution >= 4 is 18.7 Å². The number of alkyl halides is 1. The molecule has 0 amide bonds. The summed E-state index contributed by atoms with van der Waals surface area (Å²) in [6, 6.07) is 0. The van der Waals surface area contributed by atoms with Crippen molar-refractivity contribution in [3.8, 4) is 0 Å². The lowest BCUT2D eigenvalue weighted by Gasteiger charge is -2.04. The summed E-state index contributed by atoms with van der Waals surface area (Å²) in [6.07, 6.45) is 0. The molecule has 0 N–H and O–H groups in total. The van der Waals surface area contributed by atoms with E-state index in [0.29, 0.717) is 0 Å². The molecule has 0 saturated heterocycles. The summed E-state index contributed by atoms with van der Waals surface area (Å²) in [5, 5.41) is 8.41. The molecule has 0 aromatic rings. The summed E-state index contributed by atoms with van der Waals surface area (Å²) in [6.45, 7) is 2.57. The molecule has 0 aliphatic carbocycles. The van der Waals surface area contributed by atoms with E-state index in [1.165, 1.54) is 13.3 Å². The highest BCUT2D eigenvalue weighted by Crippen LogP contribution is 2.44. The van der Waals surface area contributed by atoms with E-state index in [0.717, 1.165) is 0 Å². The third-order valence-electron chi connectivity index (χ3n) is 0.687. The third-order valence-corrected chi connectivity index (χ3v) is 3.47. The van der Waals surface area contributed by atoms with Crippen molar-refractivity contribution in [2.75, 3.05) is 13.3 Å². The molecular formula is C3H7ClNO3P. The molecule has 0 saturated carbocycles. The number of halogens is 1. The van der Waals surface area contributed by atoms with Crippen LogP contribution in [0.25, 0.3) is 0 Å². The Morgan fingerprint density at radius 2 is 2.00 bits per heavy atom. The highest BCUT2D eigenvalue weighted by atomic mass is 35.5. The molecule has 6 heteroatoms. The van der Waals surface area contributed by atoms with Crippen LogP contribution in [-0.4, -0.2) is 23.5 Å². The van der Waals surface area contributed by atoms with Gasteiger partial charge in [-0.1, -0.05) is 0 Å². The van der Waals surface area contributed by atoms with Crippen molar-refractivity contribution < 1.29 is 9.49 Å². The number of nitro groups is 1. The highest BCUT2D eigenvalue weighted by Gasteiger charge is 2.30. The van der Waals surface area contributed by atoms with Crippen LogP contribution in [0.1, 0.15) is 0 Å². The van der Waals surface area contributed by atoms with Gasteiger partial charge in [-0.15, -0.1) is 0 Å². The van der Waals surface area contributed by atoms with Crippen LogP contribution in [0.5, 0.6) is 0 Å². The van der Waals surface area contributed by atoms with E-state index in [4.69, 9.17) is 11.6 Å². The first-order valence-corrected chi connectivity index (χ1v) is 5.28. The maximum atomic E-state index is 10.8. The average Bonchev–Trinajstić information content (AvgIpc) is 1.62. The first-order chi connectivity index (χ1) is 3.85. The molecule has 0 radical (unpaired) electrons. The summed E-state index contributed by atoms with van der Waals surface area (Å²) in [7, 11) is -2.75. The fraction of sp³-hybridized carbons (Fsp3) is 1.00. The largest absolute Gasteiger partial charge is 0.334 e. The highest BCUT2D eigenvalue weighted by molar-refractivity contribution is 7.64. The maximum Gasteiger partial charge on any atom is 0.334 e. The fourth-order valence-electron chi connectivity index (χ4n) is 0.227. The molecule has 9 heavy (non-hydrogen) atoms. The molecular weight excluding hydrogens is 164 g/mol. The Balaban J connectivity index is 4.23. The van der Waals surface area contributed by atoms with Crippen LogP contribution in [-0.2, 0) is 4.57 Å². The molecule has 54 valence electrons. The first-order valence-electron chi connectivity index (χ1n) is 2.18. The lowest BCUT2D eigenvalue weighted by atomic mass is 11.5. The first kappa shape index (κ1) is 8.92. The van der Waals surface area contributed by atoms with Gasteiger partial charge in [0.2, 0.25) is 0 Å². The van der Waals surface area contributed by atoms with Crippen LogP contribution in [0.15, 0.2) is 0 Å². The summed E-state index contributed by atoms with van der Waals surface area (Å²) in [5.74, 6) is 0. The van der Waals surface area contributed by atoms with Gasteiger partial charge < -0.3 is 4.57 Å². The standard InChI is InChI=1S/C3H7ClNO3P/c1-9(2,8)3(4)5(6)7/h3H,1-2H3. The molecule has 0 bridgehead atoms. The van der Waals surface area contributed by atoms with Crippen molar-refractivity contribution in [1.82, 2.24) is 0 Å². The molecule has 0 fully saturated rings. The van der Waals surface area contributed by atoms with E-state index in [9.17, 15) is 14.7 Å². The Morgan fingerprint density at radius 1 is 1.67 bits per heavy atom. The second-order valence-electron chi connectivity index (χ2n) is 2.03. The normalized spacial score (nSPS) is 15.0. The van der Waals surface area contributed by atoms with Crippen molar-refractivity contribution in [2.24, 2.45) is 0 Å². The fourth-order valence-corrected chi connectivity index (χ4v) is 0.681. The monoisotopic (exact) mass is 171 g/mol. The van der Waals surface area contributed by atoms with E-state index in [2.05, 4.69) is 0 Å². The Morgan fingerprint density at radius 3 is 2.00 bits per heavy atom. The molecule has 4 nitrogen and oxygen atoms in total. The van der Waals surface area contributed by atoms with Gasteiger partial charge >= 0.3 is 5.24 Å². The van der Waals surface area contributed by atoms with Crippen LogP contribution < -0.4 is 0 Å². The number of rotatable bonds is 2. The zero-order valence-corrected chi connectivity index (χ0v) is 6.72. The van der Waals surface area contributed by atoms with Crippen LogP contribution in [0.3, 0.4) is 0 Å². The van der Waals surface area contributed by atoms with Crippen LogP contribution in [0, 0.1) is 10.1 Å². The van der Waals surface area contributed by atoms with Gasteiger partial charge in [-0.3, -0.25) is 10.1 Å². The second kappa shape index (κ2) is 2.67. The summed E-state index contributed by atoms with van der Waals surface area (Å²) >= 11 is 5.13. The topological polar surface area (TPSA) is 60.2 Å². The van der Waals surface area contributed by atoms with Crippen LogP contribution >= 0.6 is 18.7 Å².